The van der Waals surface area contributed by atoms with Gasteiger partial charge in [0, 0.05) is 32.1 Å². The number of ether oxygens (including phenoxy) is 1. The predicted molar refractivity (Wildman–Crippen MR) is 123 cm³/mol. The molecule has 0 aromatic heterocycles. The Morgan fingerprint density at radius 3 is 2.45 bits per heavy atom. The molecule has 2 aliphatic rings. The van der Waals surface area contributed by atoms with Crippen LogP contribution in [0.5, 0.6) is 5.75 Å². The maximum absolute atomic E-state index is 13.4. The van der Waals surface area contributed by atoms with E-state index in [1.807, 2.05) is 38.1 Å². The minimum atomic E-state index is -0.206. The van der Waals surface area contributed by atoms with Crippen molar-refractivity contribution in [2.24, 2.45) is 5.92 Å². The normalized spacial score (nSPS) is 20.1. The zero-order chi connectivity index (χ0) is 22.0. The van der Waals surface area contributed by atoms with Gasteiger partial charge in [0.15, 0.2) is 0 Å². The van der Waals surface area contributed by atoms with Crippen LogP contribution < -0.4 is 10.1 Å². The molecule has 1 heterocycles. The molecule has 1 aliphatic carbocycles. The van der Waals surface area contributed by atoms with E-state index in [9.17, 15) is 4.39 Å². The summed E-state index contributed by atoms with van der Waals surface area (Å²) in [5.74, 6) is 2.08. The first-order valence-corrected chi connectivity index (χ1v) is 11.0. The van der Waals surface area contributed by atoms with Crippen LogP contribution in [0.1, 0.15) is 25.0 Å². The fourth-order valence-electron chi connectivity index (χ4n) is 4.50. The number of nitrogens with zero attached hydrogens (tertiary/aromatic N) is 2. The van der Waals surface area contributed by atoms with Gasteiger partial charge in [0.2, 0.25) is 0 Å². The van der Waals surface area contributed by atoms with E-state index in [-0.39, 0.29) is 11.9 Å². The summed E-state index contributed by atoms with van der Waals surface area (Å²) in [4.78, 5) is 4.71. The number of nitrogens with one attached hydrogen (secondary N) is 1. The molecule has 0 saturated carbocycles. The number of benzene rings is 2. The van der Waals surface area contributed by atoms with Crippen LogP contribution in [0.2, 0.25) is 0 Å². The number of fused-ring (bicyclic) bond motifs is 1. The summed E-state index contributed by atoms with van der Waals surface area (Å²) in [5.41, 5.74) is 3.70. The number of likely N-dealkylation sites (N-methyl/N-ethyl adjacent to an activating group) is 1. The van der Waals surface area contributed by atoms with Gasteiger partial charge in [-0.25, -0.2) is 4.39 Å². The molecule has 4 nitrogen and oxygen atoms in total. The number of rotatable bonds is 9. The van der Waals surface area contributed by atoms with Gasteiger partial charge in [0.25, 0.3) is 0 Å². The quantitative estimate of drug-likeness (QED) is 0.602. The van der Waals surface area contributed by atoms with Crippen molar-refractivity contribution in [3.8, 4) is 5.75 Å². The Kier molecular flexibility index (Phi) is 6.33. The van der Waals surface area contributed by atoms with E-state index in [0.717, 1.165) is 30.2 Å². The summed E-state index contributed by atoms with van der Waals surface area (Å²) in [6.07, 6.45) is 2.56. The van der Waals surface area contributed by atoms with Crippen LogP contribution in [0.3, 0.4) is 0 Å². The molecule has 0 radical (unpaired) electrons. The SMILES string of the molecule is C=C(NCc1ccc(OC(C)C)cc1)N(Cc1ccc(F)cc1)[C@H]1C2=C[C@H]1CN(C)C2. The summed E-state index contributed by atoms with van der Waals surface area (Å²) >= 11 is 0. The average molecular weight is 422 g/mol. The van der Waals surface area contributed by atoms with Crippen LogP contribution >= 0.6 is 0 Å². The van der Waals surface area contributed by atoms with Gasteiger partial charge in [-0.2, -0.15) is 0 Å². The average Bonchev–Trinajstić information content (AvgIpc) is 2.73. The first kappa shape index (κ1) is 21.4. The van der Waals surface area contributed by atoms with E-state index in [0.29, 0.717) is 25.0 Å². The smallest absolute Gasteiger partial charge is 0.123 e. The highest BCUT2D eigenvalue weighted by Gasteiger charge is 2.42. The van der Waals surface area contributed by atoms with Gasteiger partial charge in [0.1, 0.15) is 11.6 Å². The number of hydrogen-bond donors (Lipinski definition) is 1. The summed E-state index contributed by atoms with van der Waals surface area (Å²) in [7, 11) is 2.17. The van der Waals surface area contributed by atoms with Crippen LogP contribution in [0.15, 0.2) is 72.6 Å². The van der Waals surface area contributed by atoms with Crippen LogP contribution in [0, 0.1) is 11.7 Å². The lowest BCUT2D eigenvalue weighted by Crippen LogP contribution is -2.56. The van der Waals surface area contributed by atoms with Crippen LogP contribution in [0.4, 0.5) is 4.39 Å². The minimum Gasteiger partial charge on any atom is -0.491 e. The molecule has 0 saturated heterocycles. The number of hydrogen-bond acceptors (Lipinski definition) is 4. The molecule has 2 aromatic carbocycles. The maximum Gasteiger partial charge on any atom is 0.123 e. The third-order valence-corrected chi connectivity index (χ3v) is 5.93. The lowest BCUT2D eigenvalue weighted by Gasteiger charge is -2.51. The molecule has 0 amide bonds. The largest absolute Gasteiger partial charge is 0.491 e. The highest BCUT2D eigenvalue weighted by Crippen LogP contribution is 2.38. The van der Waals surface area contributed by atoms with Gasteiger partial charge in [-0.15, -0.1) is 0 Å². The van der Waals surface area contributed by atoms with E-state index < -0.39 is 0 Å². The standard InChI is InChI=1S/C26H32FN3O/c1-18(2)31-25-11-7-20(8-12-25)14-28-19(3)30(15-21-5-9-24(27)10-6-21)26-22-13-23(26)17-29(4)16-22/h5-13,18,22,26,28H,3,14-17H2,1-2,4H3/t22-,26+/m0/s1. The Hall–Kier alpha value is -2.79. The summed E-state index contributed by atoms with van der Waals surface area (Å²) in [6.45, 7) is 11.9. The van der Waals surface area contributed by atoms with E-state index >= 15 is 0 Å². The van der Waals surface area contributed by atoms with Gasteiger partial charge >= 0.3 is 0 Å². The Labute approximate surface area is 185 Å². The van der Waals surface area contributed by atoms with Crippen molar-refractivity contribution in [1.82, 2.24) is 15.1 Å². The summed E-state index contributed by atoms with van der Waals surface area (Å²) < 4.78 is 19.1. The van der Waals surface area contributed by atoms with Crippen molar-refractivity contribution in [1.29, 1.82) is 0 Å². The van der Waals surface area contributed by atoms with Crippen molar-refractivity contribution < 1.29 is 9.13 Å². The van der Waals surface area contributed by atoms with Crippen LogP contribution in [0.25, 0.3) is 0 Å². The Morgan fingerprint density at radius 1 is 1.16 bits per heavy atom. The second kappa shape index (κ2) is 9.15. The van der Waals surface area contributed by atoms with Gasteiger partial charge in [0.05, 0.1) is 18.0 Å². The van der Waals surface area contributed by atoms with Gasteiger partial charge in [-0.3, -0.25) is 0 Å². The number of halogens is 1. The first-order valence-electron chi connectivity index (χ1n) is 11.0. The predicted octanol–water partition coefficient (Wildman–Crippen LogP) is 4.55. The molecule has 164 valence electrons. The molecule has 2 bridgehead atoms. The molecule has 0 fully saturated rings. The molecule has 0 unspecified atom stereocenters. The third kappa shape index (κ3) is 5.10. The van der Waals surface area contributed by atoms with Crippen molar-refractivity contribution in [3.05, 3.63) is 89.5 Å². The molecule has 31 heavy (non-hydrogen) atoms. The molecular weight excluding hydrogens is 389 g/mol. The fourth-order valence-corrected chi connectivity index (χ4v) is 4.50. The van der Waals surface area contributed by atoms with Crippen LogP contribution in [-0.4, -0.2) is 42.1 Å². The first-order chi connectivity index (χ1) is 14.9. The Bertz CT molecular complexity index is 936. The molecule has 1 N–H and O–H groups in total. The van der Waals surface area contributed by atoms with E-state index in [4.69, 9.17) is 4.74 Å². The van der Waals surface area contributed by atoms with E-state index in [1.165, 1.54) is 23.3 Å². The van der Waals surface area contributed by atoms with Crippen molar-refractivity contribution in [2.75, 3.05) is 20.1 Å². The maximum atomic E-state index is 13.4. The fraction of sp³-hybridized carbons (Fsp3) is 0.385. The highest BCUT2D eigenvalue weighted by molar-refractivity contribution is 5.34. The third-order valence-electron chi connectivity index (χ3n) is 5.93. The van der Waals surface area contributed by atoms with Gasteiger partial charge in [-0.05, 0) is 61.9 Å². The second-order valence-corrected chi connectivity index (χ2v) is 8.91. The van der Waals surface area contributed by atoms with Crippen molar-refractivity contribution in [2.45, 2.75) is 39.1 Å². The molecule has 2 atom stereocenters. The summed E-state index contributed by atoms with van der Waals surface area (Å²) in [6, 6.07) is 15.3. The van der Waals surface area contributed by atoms with Crippen LogP contribution in [-0.2, 0) is 13.1 Å². The lowest BCUT2D eigenvalue weighted by molar-refractivity contribution is 0.119. The number of likely N-dealkylation sites (tertiary alicyclic amines) is 1. The molecule has 5 heteroatoms. The van der Waals surface area contributed by atoms with Crippen molar-refractivity contribution in [3.63, 3.8) is 0 Å². The van der Waals surface area contributed by atoms with Crippen molar-refractivity contribution >= 4 is 0 Å². The van der Waals surface area contributed by atoms with Gasteiger partial charge < -0.3 is 19.9 Å². The monoisotopic (exact) mass is 421 g/mol. The zero-order valence-corrected chi connectivity index (χ0v) is 18.6. The van der Waals surface area contributed by atoms with E-state index in [1.54, 1.807) is 0 Å². The lowest BCUT2D eigenvalue weighted by atomic mass is 9.75. The molecular formula is C26H32FN3O. The number of piperidine rings is 1. The zero-order valence-electron chi connectivity index (χ0n) is 18.6. The van der Waals surface area contributed by atoms with E-state index in [2.05, 4.69) is 47.0 Å². The Morgan fingerprint density at radius 2 is 1.84 bits per heavy atom. The highest BCUT2D eigenvalue weighted by atomic mass is 19.1. The molecule has 4 rings (SSSR count). The topological polar surface area (TPSA) is 27.7 Å². The molecule has 0 spiro atoms. The molecule has 2 aromatic rings. The van der Waals surface area contributed by atoms with Gasteiger partial charge in [-0.1, -0.05) is 36.9 Å². The minimum absolute atomic E-state index is 0.166. The Balaban J connectivity index is 1.44. The molecule has 1 aliphatic heterocycles. The summed E-state index contributed by atoms with van der Waals surface area (Å²) in [5, 5.41) is 3.52. The second-order valence-electron chi connectivity index (χ2n) is 8.91.